The van der Waals surface area contributed by atoms with Crippen molar-refractivity contribution in [2.24, 2.45) is 0 Å². The number of carboxylic acids is 1. The lowest BCUT2D eigenvalue weighted by Gasteiger charge is -2.33. The van der Waals surface area contributed by atoms with Gasteiger partial charge in [-0.3, -0.25) is 4.79 Å². The van der Waals surface area contributed by atoms with Crippen LogP contribution < -0.4 is 4.72 Å². The van der Waals surface area contributed by atoms with Gasteiger partial charge in [-0.2, -0.15) is 12.7 Å². The van der Waals surface area contributed by atoms with Crippen LogP contribution in [0.25, 0.3) is 0 Å². The zero-order valence-electron chi connectivity index (χ0n) is 9.96. The molecule has 18 heavy (non-hydrogen) atoms. The summed E-state index contributed by atoms with van der Waals surface area (Å²) < 4.78 is 30.7. The van der Waals surface area contributed by atoms with Gasteiger partial charge >= 0.3 is 22.3 Å². The van der Waals surface area contributed by atoms with Gasteiger partial charge in [-0.15, -0.1) is 0 Å². The SMILES string of the molecule is COC(=O)NS(=O)(=O)N1CCCCC1CC(=O)O. The van der Waals surface area contributed by atoms with E-state index in [0.717, 1.165) is 17.8 Å². The summed E-state index contributed by atoms with van der Waals surface area (Å²) in [5, 5.41) is 8.74. The van der Waals surface area contributed by atoms with Gasteiger partial charge in [-0.05, 0) is 12.8 Å². The molecular formula is C9H16N2O6S. The Kier molecular flexibility index (Phi) is 4.91. The first-order chi connectivity index (χ1) is 8.36. The van der Waals surface area contributed by atoms with Crippen LogP contribution in [-0.4, -0.2) is 49.6 Å². The number of rotatable bonds is 4. The summed E-state index contributed by atoms with van der Waals surface area (Å²) in [6, 6.07) is -0.626. The Morgan fingerprint density at radius 1 is 1.44 bits per heavy atom. The van der Waals surface area contributed by atoms with E-state index in [4.69, 9.17) is 5.11 Å². The number of carbonyl (C=O) groups excluding carboxylic acids is 1. The molecule has 0 bridgehead atoms. The fraction of sp³-hybridized carbons (Fsp3) is 0.778. The van der Waals surface area contributed by atoms with Crippen molar-refractivity contribution in [1.82, 2.24) is 9.03 Å². The molecule has 1 fully saturated rings. The smallest absolute Gasteiger partial charge is 0.421 e. The third-order valence-corrected chi connectivity index (χ3v) is 4.21. The Labute approximate surface area is 105 Å². The molecule has 0 radical (unpaired) electrons. The van der Waals surface area contributed by atoms with Gasteiger partial charge in [0.1, 0.15) is 0 Å². The molecule has 8 nitrogen and oxygen atoms in total. The minimum atomic E-state index is -4.04. The highest BCUT2D eigenvalue weighted by Crippen LogP contribution is 2.22. The van der Waals surface area contributed by atoms with Crippen molar-refractivity contribution in [2.45, 2.75) is 31.7 Å². The number of carbonyl (C=O) groups is 2. The van der Waals surface area contributed by atoms with Crippen molar-refractivity contribution in [3.8, 4) is 0 Å². The molecule has 1 heterocycles. The molecule has 1 atom stereocenters. The zero-order chi connectivity index (χ0) is 13.8. The van der Waals surface area contributed by atoms with Gasteiger partial charge in [0.25, 0.3) is 0 Å². The molecule has 0 aliphatic carbocycles. The monoisotopic (exact) mass is 280 g/mol. The summed E-state index contributed by atoms with van der Waals surface area (Å²) in [5.41, 5.74) is 0. The standard InChI is InChI=1S/C9H16N2O6S/c1-17-9(14)10-18(15,16)11-5-3-2-4-7(11)6-8(12)13/h7H,2-6H2,1H3,(H,10,14)(H,12,13). The maximum absolute atomic E-state index is 11.9. The second kappa shape index (κ2) is 6.01. The molecule has 9 heteroatoms. The number of amides is 1. The molecule has 0 aromatic carbocycles. The predicted molar refractivity (Wildman–Crippen MR) is 61.1 cm³/mol. The molecule has 0 saturated carbocycles. The van der Waals surface area contributed by atoms with E-state index in [1.54, 1.807) is 4.72 Å². The number of hydrogen-bond acceptors (Lipinski definition) is 5. The van der Waals surface area contributed by atoms with Crippen LogP contribution in [0, 0.1) is 0 Å². The van der Waals surface area contributed by atoms with E-state index in [2.05, 4.69) is 4.74 Å². The molecule has 1 saturated heterocycles. The fourth-order valence-corrected chi connectivity index (χ4v) is 3.25. The van der Waals surface area contributed by atoms with Crippen molar-refractivity contribution in [2.75, 3.05) is 13.7 Å². The van der Waals surface area contributed by atoms with Crippen LogP contribution >= 0.6 is 0 Å². The molecule has 1 aliphatic heterocycles. The third kappa shape index (κ3) is 3.84. The Morgan fingerprint density at radius 2 is 2.11 bits per heavy atom. The minimum absolute atomic E-state index is 0.199. The Balaban J connectivity index is 2.82. The molecule has 1 unspecified atom stereocenters. The predicted octanol–water partition coefficient (Wildman–Crippen LogP) is -0.0836. The molecule has 1 aliphatic rings. The number of ether oxygens (including phenoxy) is 1. The van der Waals surface area contributed by atoms with E-state index in [1.165, 1.54) is 0 Å². The summed E-state index contributed by atoms with van der Waals surface area (Å²) in [4.78, 5) is 21.6. The maximum atomic E-state index is 11.9. The van der Waals surface area contributed by atoms with Gasteiger partial charge in [0.05, 0.1) is 13.5 Å². The quantitative estimate of drug-likeness (QED) is 0.744. The Morgan fingerprint density at radius 3 is 2.67 bits per heavy atom. The first-order valence-electron chi connectivity index (χ1n) is 5.46. The molecule has 104 valence electrons. The summed E-state index contributed by atoms with van der Waals surface area (Å²) in [6.45, 7) is 0.199. The van der Waals surface area contributed by atoms with Crippen molar-refractivity contribution in [3.63, 3.8) is 0 Å². The van der Waals surface area contributed by atoms with E-state index in [0.29, 0.717) is 12.8 Å². The highest BCUT2D eigenvalue weighted by molar-refractivity contribution is 7.87. The molecular weight excluding hydrogens is 264 g/mol. The number of nitrogens with one attached hydrogen (secondary N) is 1. The fourth-order valence-electron chi connectivity index (χ4n) is 1.90. The average Bonchev–Trinajstić information content (AvgIpc) is 2.28. The topological polar surface area (TPSA) is 113 Å². The summed E-state index contributed by atoms with van der Waals surface area (Å²) >= 11 is 0. The first-order valence-corrected chi connectivity index (χ1v) is 6.90. The summed E-state index contributed by atoms with van der Waals surface area (Å²) in [7, 11) is -2.99. The molecule has 0 aromatic heterocycles. The molecule has 0 aromatic rings. The van der Waals surface area contributed by atoms with Crippen molar-refractivity contribution in [1.29, 1.82) is 0 Å². The van der Waals surface area contributed by atoms with Crippen molar-refractivity contribution >= 4 is 22.3 Å². The average molecular weight is 280 g/mol. The van der Waals surface area contributed by atoms with E-state index in [-0.39, 0.29) is 13.0 Å². The van der Waals surface area contributed by atoms with Crippen molar-refractivity contribution in [3.05, 3.63) is 0 Å². The van der Waals surface area contributed by atoms with Gasteiger partial charge in [0.15, 0.2) is 0 Å². The van der Waals surface area contributed by atoms with Crippen molar-refractivity contribution < 1.29 is 27.9 Å². The normalized spacial score (nSPS) is 21.3. The minimum Gasteiger partial charge on any atom is -0.481 e. The number of aliphatic carboxylic acids is 1. The first kappa shape index (κ1) is 14.7. The van der Waals surface area contributed by atoms with Gasteiger partial charge in [-0.1, -0.05) is 6.42 Å². The van der Waals surface area contributed by atoms with Crippen LogP contribution in [0.2, 0.25) is 0 Å². The van der Waals surface area contributed by atoms with Gasteiger partial charge < -0.3 is 9.84 Å². The lowest BCUT2D eigenvalue weighted by atomic mass is 10.0. The highest BCUT2D eigenvalue weighted by Gasteiger charge is 2.34. The Bertz CT molecular complexity index is 421. The van der Waals surface area contributed by atoms with Gasteiger partial charge in [0.2, 0.25) is 0 Å². The lowest BCUT2D eigenvalue weighted by Crippen LogP contribution is -2.51. The summed E-state index contributed by atoms with van der Waals surface area (Å²) in [5.74, 6) is -1.07. The zero-order valence-corrected chi connectivity index (χ0v) is 10.8. The van der Waals surface area contributed by atoms with E-state index < -0.39 is 28.3 Å². The van der Waals surface area contributed by atoms with E-state index in [1.807, 2.05) is 0 Å². The molecule has 2 N–H and O–H groups in total. The number of piperidine rings is 1. The maximum Gasteiger partial charge on any atom is 0.421 e. The van der Waals surface area contributed by atoms with Crippen LogP contribution in [0.5, 0.6) is 0 Å². The second-order valence-electron chi connectivity index (χ2n) is 3.96. The van der Waals surface area contributed by atoms with Crippen LogP contribution in [-0.2, 0) is 19.7 Å². The van der Waals surface area contributed by atoms with Crippen LogP contribution in [0.4, 0.5) is 4.79 Å². The van der Waals surface area contributed by atoms with Crippen LogP contribution in [0.3, 0.4) is 0 Å². The van der Waals surface area contributed by atoms with E-state index in [9.17, 15) is 18.0 Å². The van der Waals surface area contributed by atoms with Gasteiger partial charge in [0, 0.05) is 12.6 Å². The molecule has 0 spiro atoms. The lowest BCUT2D eigenvalue weighted by molar-refractivity contribution is -0.138. The number of carboxylic acid groups (broad SMARTS) is 1. The number of methoxy groups -OCH3 is 1. The highest BCUT2D eigenvalue weighted by atomic mass is 32.2. The molecule has 1 rings (SSSR count). The molecule has 1 amide bonds. The number of nitrogens with zero attached hydrogens (tertiary/aromatic N) is 1. The van der Waals surface area contributed by atoms with Crippen LogP contribution in [0.15, 0.2) is 0 Å². The van der Waals surface area contributed by atoms with Gasteiger partial charge in [-0.25, -0.2) is 9.52 Å². The Hall–Kier alpha value is -1.35. The number of hydrogen-bond donors (Lipinski definition) is 2. The summed E-state index contributed by atoms with van der Waals surface area (Å²) in [6.07, 6.45) is 0.506. The second-order valence-corrected chi connectivity index (χ2v) is 5.58. The third-order valence-electron chi connectivity index (χ3n) is 2.69. The van der Waals surface area contributed by atoms with Crippen LogP contribution in [0.1, 0.15) is 25.7 Å². The van der Waals surface area contributed by atoms with E-state index >= 15 is 0 Å². The largest absolute Gasteiger partial charge is 0.481 e.